The Kier molecular flexibility index (Phi) is 2.09. The van der Waals surface area contributed by atoms with Gasteiger partial charge in [-0.1, -0.05) is 37.6 Å². The minimum atomic E-state index is 0.414. The van der Waals surface area contributed by atoms with Crippen molar-refractivity contribution >= 4 is 17.3 Å². The molecule has 1 aliphatic heterocycles. The molecular weight excluding hydrogens is 166 g/mol. The second-order valence-corrected chi connectivity index (χ2v) is 4.50. The molecule has 0 aromatic rings. The number of fused-ring (bicyclic) bond motifs is 1. The lowest BCUT2D eigenvalue weighted by molar-refractivity contribution is 0.686. The second kappa shape index (κ2) is 3.09. The molecule has 0 fully saturated rings. The van der Waals surface area contributed by atoms with E-state index in [1.165, 1.54) is 5.57 Å². The number of rotatable bonds is 1. The minimum Gasteiger partial charge on any atom is -0.277 e. The highest BCUT2D eigenvalue weighted by Gasteiger charge is 2.29. The molecule has 2 heteroatoms. The largest absolute Gasteiger partial charge is 0.277 e. The van der Waals surface area contributed by atoms with Gasteiger partial charge in [-0.05, 0) is 5.92 Å². The highest BCUT2D eigenvalue weighted by Crippen LogP contribution is 2.35. The van der Waals surface area contributed by atoms with Crippen LogP contribution in [0.15, 0.2) is 28.8 Å². The summed E-state index contributed by atoms with van der Waals surface area (Å²) in [7, 11) is 0. The molecule has 2 unspecified atom stereocenters. The van der Waals surface area contributed by atoms with E-state index in [9.17, 15) is 0 Å². The molecule has 0 saturated carbocycles. The molecule has 1 aliphatic carbocycles. The van der Waals surface area contributed by atoms with E-state index in [1.807, 2.05) is 17.3 Å². The Balaban J connectivity index is 2.24. The molecule has 12 heavy (non-hydrogen) atoms. The van der Waals surface area contributed by atoms with Gasteiger partial charge >= 0.3 is 0 Å². The zero-order valence-corrected chi connectivity index (χ0v) is 8.21. The first-order valence-corrected chi connectivity index (χ1v) is 5.28. The maximum atomic E-state index is 4.40. The zero-order valence-electron chi connectivity index (χ0n) is 7.40. The van der Waals surface area contributed by atoms with Crippen molar-refractivity contribution in [3.05, 3.63) is 23.8 Å². The van der Waals surface area contributed by atoms with Crippen LogP contribution in [0.5, 0.6) is 0 Å². The molecule has 0 spiro atoms. The molecule has 0 radical (unpaired) electrons. The summed E-state index contributed by atoms with van der Waals surface area (Å²) in [5.74, 6) is 0.650. The Morgan fingerprint density at radius 1 is 1.50 bits per heavy atom. The van der Waals surface area contributed by atoms with Gasteiger partial charge in [0, 0.05) is 0 Å². The first kappa shape index (κ1) is 8.11. The van der Waals surface area contributed by atoms with E-state index in [4.69, 9.17) is 0 Å². The molecule has 2 atom stereocenters. The molecular formula is C10H13NS. The molecule has 0 bridgehead atoms. The van der Waals surface area contributed by atoms with Crippen LogP contribution in [0.3, 0.4) is 0 Å². The van der Waals surface area contributed by atoms with E-state index in [1.54, 1.807) is 0 Å². The number of aliphatic imine (C=N–C) groups is 1. The van der Waals surface area contributed by atoms with Crippen molar-refractivity contribution in [3.63, 3.8) is 0 Å². The summed E-state index contributed by atoms with van der Waals surface area (Å²) < 4.78 is 0. The maximum Gasteiger partial charge on any atom is 0.0849 e. The Morgan fingerprint density at radius 3 is 3.08 bits per heavy atom. The summed E-state index contributed by atoms with van der Waals surface area (Å²) in [6.45, 7) is 4.50. The van der Waals surface area contributed by atoms with Crippen LogP contribution in [0.25, 0.3) is 0 Å². The first-order valence-electron chi connectivity index (χ1n) is 4.34. The SMILES string of the molecule is CC(C)C1=CC=CC2N=CSC12. The Labute approximate surface area is 77.7 Å². The van der Waals surface area contributed by atoms with E-state index in [2.05, 4.69) is 37.1 Å². The number of hydrogen-bond acceptors (Lipinski definition) is 2. The maximum absolute atomic E-state index is 4.40. The molecule has 64 valence electrons. The quantitative estimate of drug-likeness (QED) is 0.603. The number of allylic oxidation sites excluding steroid dienone is 2. The van der Waals surface area contributed by atoms with Gasteiger partial charge in [0.15, 0.2) is 0 Å². The van der Waals surface area contributed by atoms with E-state index in [-0.39, 0.29) is 0 Å². The van der Waals surface area contributed by atoms with Crippen molar-refractivity contribution in [1.82, 2.24) is 0 Å². The van der Waals surface area contributed by atoms with Gasteiger partial charge in [-0.2, -0.15) is 0 Å². The van der Waals surface area contributed by atoms with Gasteiger partial charge in [0.2, 0.25) is 0 Å². The third kappa shape index (κ3) is 1.24. The van der Waals surface area contributed by atoms with Crippen LogP contribution in [0, 0.1) is 5.92 Å². The Hall–Kier alpha value is -0.500. The van der Waals surface area contributed by atoms with Gasteiger partial charge in [0.25, 0.3) is 0 Å². The molecule has 0 saturated heterocycles. The lowest BCUT2D eigenvalue weighted by Gasteiger charge is -2.23. The fraction of sp³-hybridized carbons (Fsp3) is 0.500. The molecule has 2 rings (SSSR count). The number of hydrogen-bond donors (Lipinski definition) is 0. The highest BCUT2D eigenvalue weighted by atomic mass is 32.2. The van der Waals surface area contributed by atoms with Gasteiger partial charge < -0.3 is 0 Å². The van der Waals surface area contributed by atoms with Gasteiger partial charge in [-0.25, -0.2) is 0 Å². The molecule has 1 heterocycles. The molecule has 2 aliphatic rings. The Morgan fingerprint density at radius 2 is 2.33 bits per heavy atom. The average Bonchev–Trinajstić information content (AvgIpc) is 2.49. The van der Waals surface area contributed by atoms with Gasteiger partial charge in [0.1, 0.15) is 0 Å². The topological polar surface area (TPSA) is 12.4 Å². The third-order valence-electron chi connectivity index (χ3n) is 2.34. The fourth-order valence-corrected chi connectivity index (χ4v) is 2.82. The van der Waals surface area contributed by atoms with Gasteiger partial charge in [0.05, 0.1) is 16.8 Å². The van der Waals surface area contributed by atoms with Crippen LogP contribution in [-0.4, -0.2) is 16.8 Å². The second-order valence-electron chi connectivity index (χ2n) is 3.51. The molecule has 0 aromatic carbocycles. The summed E-state index contributed by atoms with van der Waals surface area (Å²) in [5.41, 5.74) is 3.52. The van der Waals surface area contributed by atoms with Gasteiger partial charge in [-0.15, -0.1) is 11.8 Å². The van der Waals surface area contributed by atoms with Crippen molar-refractivity contribution in [2.45, 2.75) is 25.1 Å². The summed E-state index contributed by atoms with van der Waals surface area (Å²) in [6.07, 6.45) is 6.57. The van der Waals surface area contributed by atoms with Gasteiger partial charge in [-0.3, -0.25) is 4.99 Å². The lowest BCUT2D eigenvalue weighted by atomic mass is 9.92. The smallest absolute Gasteiger partial charge is 0.0849 e. The average molecular weight is 179 g/mol. The van der Waals surface area contributed by atoms with Crippen molar-refractivity contribution in [3.8, 4) is 0 Å². The summed E-state index contributed by atoms with van der Waals surface area (Å²) in [5, 5.41) is 0.593. The minimum absolute atomic E-state index is 0.414. The summed E-state index contributed by atoms with van der Waals surface area (Å²) >= 11 is 1.85. The van der Waals surface area contributed by atoms with E-state index >= 15 is 0 Å². The van der Waals surface area contributed by atoms with Crippen LogP contribution < -0.4 is 0 Å². The standard InChI is InChI=1S/C10H13NS/c1-7(2)8-4-3-5-9-10(8)12-6-11-9/h3-7,9-10H,1-2H3. The zero-order chi connectivity index (χ0) is 8.55. The number of nitrogens with zero attached hydrogens (tertiary/aromatic N) is 1. The lowest BCUT2D eigenvalue weighted by Crippen LogP contribution is -2.22. The van der Waals surface area contributed by atoms with Crippen molar-refractivity contribution in [2.24, 2.45) is 10.9 Å². The molecule has 0 N–H and O–H groups in total. The van der Waals surface area contributed by atoms with Crippen molar-refractivity contribution in [2.75, 3.05) is 0 Å². The number of thioether (sulfide) groups is 1. The van der Waals surface area contributed by atoms with E-state index in [0.717, 1.165) is 0 Å². The fourth-order valence-electron chi connectivity index (χ4n) is 1.65. The van der Waals surface area contributed by atoms with E-state index < -0.39 is 0 Å². The first-order chi connectivity index (χ1) is 5.79. The van der Waals surface area contributed by atoms with Crippen LogP contribution in [0.2, 0.25) is 0 Å². The third-order valence-corrected chi connectivity index (χ3v) is 3.43. The molecule has 1 nitrogen and oxygen atoms in total. The summed E-state index contributed by atoms with van der Waals surface area (Å²) in [6, 6.07) is 0.414. The van der Waals surface area contributed by atoms with Crippen molar-refractivity contribution < 1.29 is 0 Å². The van der Waals surface area contributed by atoms with Crippen LogP contribution in [0.4, 0.5) is 0 Å². The van der Waals surface area contributed by atoms with Crippen LogP contribution in [-0.2, 0) is 0 Å². The van der Waals surface area contributed by atoms with E-state index in [0.29, 0.717) is 17.2 Å². The van der Waals surface area contributed by atoms with Crippen LogP contribution >= 0.6 is 11.8 Å². The molecule has 0 amide bonds. The summed E-state index contributed by atoms with van der Waals surface area (Å²) in [4.78, 5) is 4.40. The predicted octanol–water partition coefficient (Wildman–Crippen LogP) is 2.65. The predicted molar refractivity (Wildman–Crippen MR) is 55.7 cm³/mol. The van der Waals surface area contributed by atoms with Crippen molar-refractivity contribution in [1.29, 1.82) is 0 Å². The monoisotopic (exact) mass is 179 g/mol. The normalized spacial score (nSPS) is 32.4. The highest BCUT2D eigenvalue weighted by molar-refractivity contribution is 8.13. The Bertz CT molecular complexity index is 263. The van der Waals surface area contributed by atoms with Crippen LogP contribution in [0.1, 0.15) is 13.8 Å². The molecule has 0 aromatic heterocycles.